The Balaban J connectivity index is 1.56. The summed E-state index contributed by atoms with van der Waals surface area (Å²) >= 11 is 0. The molecule has 3 rings (SSSR count). The van der Waals surface area contributed by atoms with Gasteiger partial charge >= 0.3 is 0 Å². The highest BCUT2D eigenvalue weighted by Crippen LogP contribution is 2.30. The first kappa shape index (κ1) is 12.7. The number of carbonyl (C=O) groups excluding carboxylic acids is 1. The molecule has 0 aromatic carbocycles. The van der Waals surface area contributed by atoms with Gasteiger partial charge in [-0.05, 0) is 38.2 Å². The van der Waals surface area contributed by atoms with Crippen LogP contribution in [0.25, 0.3) is 0 Å². The van der Waals surface area contributed by atoms with Gasteiger partial charge in [-0.15, -0.1) is 0 Å². The van der Waals surface area contributed by atoms with E-state index in [9.17, 15) is 4.79 Å². The molecule has 0 N–H and O–H groups in total. The highest BCUT2D eigenvalue weighted by Gasteiger charge is 2.30. The first-order valence-electron chi connectivity index (χ1n) is 7.20. The van der Waals surface area contributed by atoms with E-state index in [1.807, 2.05) is 11.8 Å². The number of hydrogen-bond acceptors (Lipinski definition) is 3. The van der Waals surface area contributed by atoms with E-state index in [-0.39, 0.29) is 12.0 Å². The lowest BCUT2D eigenvalue weighted by Gasteiger charge is -2.17. The molecular formula is C14H21N3O2. The van der Waals surface area contributed by atoms with Crippen molar-refractivity contribution in [3.8, 4) is 0 Å². The van der Waals surface area contributed by atoms with Crippen LogP contribution >= 0.6 is 0 Å². The highest BCUT2D eigenvalue weighted by molar-refractivity contribution is 5.92. The number of hydrogen-bond donors (Lipinski definition) is 0. The van der Waals surface area contributed by atoms with Crippen LogP contribution in [0.2, 0.25) is 0 Å². The molecule has 0 bridgehead atoms. The highest BCUT2D eigenvalue weighted by atomic mass is 16.5. The van der Waals surface area contributed by atoms with Gasteiger partial charge in [-0.2, -0.15) is 5.10 Å². The van der Waals surface area contributed by atoms with Crippen LogP contribution in [-0.2, 0) is 11.3 Å². The van der Waals surface area contributed by atoms with Gasteiger partial charge in [0, 0.05) is 32.4 Å². The van der Waals surface area contributed by atoms with E-state index < -0.39 is 0 Å². The number of likely N-dealkylation sites (tertiary alicyclic amines) is 1. The first-order valence-corrected chi connectivity index (χ1v) is 7.20. The lowest BCUT2D eigenvalue weighted by molar-refractivity contribution is 0.0477. The predicted molar refractivity (Wildman–Crippen MR) is 70.9 cm³/mol. The van der Waals surface area contributed by atoms with Gasteiger partial charge in [0.15, 0.2) is 0 Å². The van der Waals surface area contributed by atoms with Crippen LogP contribution in [0.4, 0.5) is 0 Å². The van der Waals surface area contributed by atoms with E-state index in [1.54, 1.807) is 16.9 Å². The molecule has 2 heterocycles. The molecule has 1 aliphatic carbocycles. The van der Waals surface area contributed by atoms with Gasteiger partial charge in [-0.3, -0.25) is 9.48 Å². The van der Waals surface area contributed by atoms with Crippen molar-refractivity contribution in [3.05, 3.63) is 18.0 Å². The summed E-state index contributed by atoms with van der Waals surface area (Å²) in [4.78, 5) is 14.3. The van der Waals surface area contributed by atoms with Gasteiger partial charge < -0.3 is 9.64 Å². The topological polar surface area (TPSA) is 47.4 Å². The van der Waals surface area contributed by atoms with Crippen LogP contribution in [0, 0.1) is 5.92 Å². The normalized spacial score (nSPS) is 23.0. The van der Waals surface area contributed by atoms with Crippen molar-refractivity contribution in [1.29, 1.82) is 0 Å². The summed E-state index contributed by atoms with van der Waals surface area (Å²) in [7, 11) is 0. The SMILES string of the molecule is CCn1nccc1C(=O)N1CCC(OCC2CC2)C1. The van der Waals surface area contributed by atoms with Gasteiger partial charge in [0.2, 0.25) is 0 Å². The minimum absolute atomic E-state index is 0.0804. The number of aromatic nitrogens is 2. The van der Waals surface area contributed by atoms with Crippen LogP contribution < -0.4 is 0 Å². The van der Waals surface area contributed by atoms with Gasteiger partial charge in [-0.25, -0.2) is 0 Å². The van der Waals surface area contributed by atoms with Gasteiger partial charge in [0.25, 0.3) is 5.91 Å². The summed E-state index contributed by atoms with van der Waals surface area (Å²) in [5.41, 5.74) is 0.686. The molecule has 0 spiro atoms. The maximum absolute atomic E-state index is 12.4. The zero-order chi connectivity index (χ0) is 13.2. The molecule has 5 nitrogen and oxygen atoms in total. The van der Waals surface area contributed by atoms with Crippen molar-refractivity contribution in [2.75, 3.05) is 19.7 Å². The van der Waals surface area contributed by atoms with E-state index >= 15 is 0 Å². The summed E-state index contributed by atoms with van der Waals surface area (Å²) in [6, 6.07) is 1.80. The second-order valence-electron chi connectivity index (χ2n) is 5.47. The van der Waals surface area contributed by atoms with Crippen molar-refractivity contribution in [2.45, 2.75) is 38.8 Å². The number of ether oxygens (including phenoxy) is 1. The monoisotopic (exact) mass is 263 g/mol. The molecule has 5 heteroatoms. The number of carbonyl (C=O) groups is 1. The minimum Gasteiger partial charge on any atom is -0.376 e. The van der Waals surface area contributed by atoms with Crippen molar-refractivity contribution in [1.82, 2.24) is 14.7 Å². The smallest absolute Gasteiger partial charge is 0.272 e. The van der Waals surface area contributed by atoms with Crippen molar-refractivity contribution in [3.63, 3.8) is 0 Å². The molecule has 0 radical (unpaired) electrons. The Morgan fingerprint density at radius 1 is 1.47 bits per heavy atom. The lowest BCUT2D eigenvalue weighted by atomic mass is 10.3. The summed E-state index contributed by atoms with van der Waals surface area (Å²) < 4.78 is 7.62. The van der Waals surface area contributed by atoms with E-state index in [0.29, 0.717) is 5.69 Å². The Kier molecular flexibility index (Phi) is 3.55. The fraction of sp³-hybridized carbons (Fsp3) is 0.714. The molecule has 2 aliphatic rings. The Morgan fingerprint density at radius 2 is 2.32 bits per heavy atom. The quantitative estimate of drug-likeness (QED) is 0.809. The average Bonchev–Trinajstić information content (AvgIpc) is 2.95. The van der Waals surface area contributed by atoms with Crippen LogP contribution in [0.3, 0.4) is 0 Å². The molecule has 1 aromatic heterocycles. The lowest BCUT2D eigenvalue weighted by Crippen LogP contribution is -2.32. The molecule has 1 unspecified atom stereocenters. The summed E-state index contributed by atoms with van der Waals surface area (Å²) in [6.45, 7) is 5.11. The van der Waals surface area contributed by atoms with Crippen LogP contribution in [0.5, 0.6) is 0 Å². The zero-order valence-electron chi connectivity index (χ0n) is 11.4. The molecule has 2 fully saturated rings. The zero-order valence-corrected chi connectivity index (χ0v) is 11.4. The van der Waals surface area contributed by atoms with Gasteiger partial charge in [0.1, 0.15) is 5.69 Å². The predicted octanol–water partition coefficient (Wildman–Crippen LogP) is 1.54. The van der Waals surface area contributed by atoms with E-state index in [0.717, 1.165) is 38.6 Å². The second kappa shape index (κ2) is 5.33. The standard InChI is InChI=1S/C14H21N3O2/c1-2-17-13(5-7-15-17)14(18)16-8-6-12(9-16)19-10-11-3-4-11/h5,7,11-12H,2-4,6,8-10H2,1H3. The van der Waals surface area contributed by atoms with Crippen LogP contribution in [0.15, 0.2) is 12.3 Å². The van der Waals surface area contributed by atoms with E-state index in [1.165, 1.54) is 12.8 Å². The Bertz CT molecular complexity index is 453. The molecule has 1 aromatic rings. The van der Waals surface area contributed by atoms with Crippen LogP contribution in [-0.4, -0.2) is 46.4 Å². The number of aryl methyl sites for hydroxylation is 1. The molecule has 1 aliphatic heterocycles. The van der Waals surface area contributed by atoms with Crippen molar-refractivity contribution >= 4 is 5.91 Å². The molecule has 1 amide bonds. The van der Waals surface area contributed by atoms with Gasteiger partial charge in [0.05, 0.1) is 6.10 Å². The molecule has 1 saturated carbocycles. The fourth-order valence-corrected chi connectivity index (χ4v) is 2.53. The Hall–Kier alpha value is -1.36. The largest absolute Gasteiger partial charge is 0.376 e. The van der Waals surface area contributed by atoms with Crippen molar-refractivity contribution < 1.29 is 9.53 Å². The summed E-state index contributed by atoms with van der Waals surface area (Å²) in [5, 5.41) is 4.15. The molecule has 1 atom stereocenters. The minimum atomic E-state index is 0.0804. The maximum atomic E-state index is 12.4. The first-order chi connectivity index (χ1) is 9.28. The van der Waals surface area contributed by atoms with E-state index in [2.05, 4.69) is 5.10 Å². The average molecular weight is 263 g/mol. The van der Waals surface area contributed by atoms with Crippen LogP contribution in [0.1, 0.15) is 36.7 Å². The number of amides is 1. The Morgan fingerprint density at radius 3 is 3.05 bits per heavy atom. The third-order valence-electron chi connectivity index (χ3n) is 3.93. The van der Waals surface area contributed by atoms with E-state index in [4.69, 9.17) is 4.74 Å². The molecule has 19 heavy (non-hydrogen) atoms. The fourth-order valence-electron chi connectivity index (χ4n) is 2.53. The maximum Gasteiger partial charge on any atom is 0.272 e. The Labute approximate surface area is 113 Å². The molecule has 104 valence electrons. The van der Waals surface area contributed by atoms with Gasteiger partial charge in [-0.1, -0.05) is 0 Å². The third-order valence-corrected chi connectivity index (χ3v) is 3.93. The number of rotatable bonds is 5. The summed E-state index contributed by atoms with van der Waals surface area (Å²) in [6.07, 6.45) is 5.49. The number of nitrogens with zero attached hydrogens (tertiary/aromatic N) is 3. The second-order valence-corrected chi connectivity index (χ2v) is 5.47. The van der Waals surface area contributed by atoms with Crippen molar-refractivity contribution in [2.24, 2.45) is 5.92 Å². The third kappa shape index (κ3) is 2.81. The molecule has 1 saturated heterocycles. The molecular weight excluding hydrogens is 242 g/mol. The summed E-state index contributed by atoms with van der Waals surface area (Å²) in [5.74, 6) is 0.864.